The number of nitrogens with one attached hydrogen (secondary N) is 1. The Balaban J connectivity index is 1.32. The number of amides is 1. The second-order valence-electron chi connectivity index (χ2n) is 6.80. The highest BCUT2D eigenvalue weighted by molar-refractivity contribution is 5.91. The smallest absolute Gasteiger partial charge is 0.224 e. The zero-order chi connectivity index (χ0) is 20.8. The highest BCUT2D eigenvalue weighted by Crippen LogP contribution is 2.27. The number of benzene rings is 2. The maximum absolute atomic E-state index is 12.3. The molecule has 4 aromatic rings. The summed E-state index contributed by atoms with van der Waals surface area (Å²) in [6.07, 6.45) is 5.74. The maximum atomic E-state index is 12.3. The third kappa shape index (κ3) is 4.91. The molecule has 0 spiro atoms. The average molecular weight is 399 g/mol. The van der Waals surface area contributed by atoms with E-state index >= 15 is 0 Å². The van der Waals surface area contributed by atoms with Crippen molar-refractivity contribution in [3.63, 3.8) is 0 Å². The molecule has 0 atom stereocenters. The van der Waals surface area contributed by atoms with Gasteiger partial charge in [0, 0.05) is 30.3 Å². The molecule has 6 nitrogen and oxygen atoms in total. The Bertz CT molecular complexity index is 1120. The normalized spacial score (nSPS) is 10.6. The summed E-state index contributed by atoms with van der Waals surface area (Å²) >= 11 is 0. The number of hydrogen-bond acceptors (Lipinski definition) is 5. The molecule has 150 valence electrons. The van der Waals surface area contributed by atoms with Crippen LogP contribution in [0.1, 0.15) is 17.9 Å². The van der Waals surface area contributed by atoms with Crippen molar-refractivity contribution in [1.29, 1.82) is 0 Å². The number of carbonyl (C=O) groups excluding carboxylic acids is 1. The van der Waals surface area contributed by atoms with Crippen molar-refractivity contribution in [2.24, 2.45) is 0 Å². The standard InChI is InChI=1S/C24H21N3O3/c1-17-14-19(9-10-21(17)29-20-8-5-13-25-15-20)27-23(28)11-12-24-26-16-22(30-24)18-6-3-2-4-7-18/h2-10,13-16H,11-12H2,1H3,(H,27,28). The van der Waals surface area contributed by atoms with Crippen molar-refractivity contribution in [3.8, 4) is 22.8 Å². The first-order valence-corrected chi connectivity index (χ1v) is 9.66. The van der Waals surface area contributed by atoms with Crippen LogP contribution in [-0.4, -0.2) is 15.9 Å². The fourth-order valence-corrected chi connectivity index (χ4v) is 2.98. The van der Waals surface area contributed by atoms with Crippen molar-refractivity contribution >= 4 is 11.6 Å². The van der Waals surface area contributed by atoms with Crippen molar-refractivity contribution in [2.75, 3.05) is 5.32 Å². The SMILES string of the molecule is Cc1cc(NC(=O)CCc2ncc(-c3ccccc3)o2)ccc1Oc1cccnc1. The molecular formula is C24H21N3O3. The van der Waals surface area contributed by atoms with Crippen LogP contribution in [0, 0.1) is 6.92 Å². The van der Waals surface area contributed by atoms with Crippen LogP contribution in [0.5, 0.6) is 11.5 Å². The van der Waals surface area contributed by atoms with Crippen molar-refractivity contribution < 1.29 is 13.9 Å². The van der Waals surface area contributed by atoms with Crippen molar-refractivity contribution in [1.82, 2.24) is 9.97 Å². The molecule has 0 aliphatic carbocycles. The second kappa shape index (κ2) is 9.05. The van der Waals surface area contributed by atoms with Gasteiger partial charge in [0.2, 0.25) is 5.91 Å². The van der Waals surface area contributed by atoms with Gasteiger partial charge < -0.3 is 14.5 Å². The van der Waals surface area contributed by atoms with Gasteiger partial charge >= 0.3 is 0 Å². The minimum absolute atomic E-state index is 0.102. The topological polar surface area (TPSA) is 77.2 Å². The van der Waals surface area contributed by atoms with Crippen LogP contribution in [0.25, 0.3) is 11.3 Å². The van der Waals surface area contributed by atoms with Crippen molar-refractivity contribution in [3.05, 3.63) is 90.7 Å². The van der Waals surface area contributed by atoms with Gasteiger partial charge in [-0.3, -0.25) is 9.78 Å². The van der Waals surface area contributed by atoms with Crippen LogP contribution >= 0.6 is 0 Å². The Labute approximate surface area is 174 Å². The first kappa shape index (κ1) is 19.4. The zero-order valence-corrected chi connectivity index (χ0v) is 16.5. The van der Waals surface area contributed by atoms with Gasteiger partial charge in [-0.05, 0) is 42.8 Å². The number of carbonyl (C=O) groups is 1. The summed E-state index contributed by atoms with van der Waals surface area (Å²) in [5, 5.41) is 2.91. The third-order valence-corrected chi connectivity index (χ3v) is 4.50. The van der Waals surface area contributed by atoms with Crippen molar-refractivity contribution in [2.45, 2.75) is 19.8 Å². The van der Waals surface area contributed by atoms with Gasteiger partial charge in [-0.1, -0.05) is 30.3 Å². The number of rotatable bonds is 7. The molecular weight excluding hydrogens is 378 g/mol. The highest BCUT2D eigenvalue weighted by Gasteiger charge is 2.10. The third-order valence-electron chi connectivity index (χ3n) is 4.50. The highest BCUT2D eigenvalue weighted by atomic mass is 16.5. The summed E-state index contributed by atoms with van der Waals surface area (Å²) in [5.74, 6) is 2.52. The predicted octanol–water partition coefficient (Wildman–Crippen LogP) is 5.41. The summed E-state index contributed by atoms with van der Waals surface area (Å²) in [5.41, 5.74) is 2.59. The van der Waals surface area contributed by atoms with Gasteiger partial charge in [-0.25, -0.2) is 4.98 Å². The van der Waals surface area contributed by atoms with E-state index in [0.717, 1.165) is 11.1 Å². The molecule has 0 bridgehead atoms. The monoisotopic (exact) mass is 399 g/mol. The molecule has 30 heavy (non-hydrogen) atoms. The summed E-state index contributed by atoms with van der Waals surface area (Å²) in [7, 11) is 0. The number of anilines is 1. The number of aromatic nitrogens is 2. The lowest BCUT2D eigenvalue weighted by molar-refractivity contribution is -0.116. The molecule has 2 heterocycles. The first-order valence-electron chi connectivity index (χ1n) is 9.66. The summed E-state index contributed by atoms with van der Waals surface area (Å²) in [6.45, 7) is 1.93. The minimum atomic E-state index is -0.102. The fourth-order valence-electron chi connectivity index (χ4n) is 2.98. The zero-order valence-electron chi connectivity index (χ0n) is 16.5. The number of hydrogen-bond donors (Lipinski definition) is 1. The van der Waals surface area contributed by atoms with Gasteiger partial charge in [0.05, 0.1) is 12.4 Å². The molecule has 0 radical (unpaired) electrons. The fraction of sp³-hybridized carbons (Fsp3) is 0.125. The van der Waals surface area contributed by atoms with Gasteiger partial charge in [-0.15, -0.1) is 0 Å². The van der Waals surface area contributed by atoms with E-state index < -0.39 is 0 Å². The summed E-state index contributed by atoms with van der Waals surface area (Å²) < 4.78 is 11.6. The molecule has 0 saturated carbocycles. The molecule has 1 amide bonds. The lowest BCUT2D eigenvalue weighted by Gasteiger charge is -2.11. The van der Waals surface area contributed by atoms with E-state index in [0.29, 0.717) is 35.3 Å². The second-order valence-corrected chi connectivity index (χ2v) is 6.80. The van der Waals surface area contributed by atoms with E-state index in [-0.39, 0.29) is 12.3 Å². The van der Waals surface area contributed by atoms with Gasteiger partial charge in [-0.2, -0.15) is 0 Å². The van der Waals surface area contributed by atoms with Gasteiger partial charge in [0.25, 0.3) is 0 Å². The number of aryl methyl sites for hydroxylation is 2. The molecule has 4 rings (SSSR count). The van der Waals surface area contributed by atoms with Crippen LogP contribution in [0.15, 0.2) is 83.7 Å². The number of oxazole rings is 1. The van der Waals surface area contributed by atoms with Crippen LogP contribution < -0.4 is 10.1 Å². The molecule has 2 aromatic carbocycles. The van der Waals surface area contributed by atoms with E-state index in [1.54, 1.807) is 18.6 Å². The molecule has 0 fully saturated rings. The quantitative estimate of drug-likeness (QED) is 0.450. The Hall–Kier alpha value is -3.93. The summed E-state index contributed by atoms with van der Waals surface area (Å²) in [6, 6.07) is 18.9. The molecule has 0 aliphatic heterocycles. The van der Waals surface area contributed by atoms with E-state index in [2.05, 4.69) is 15.3 Å². The van der Waals surface area contributed by atoms with Crippen LogP contribution in [-0.2, 0) is 11.2 Å². The van der Waals surface area contributed by atoms with E-state index in [4.69, 9.17) is 9.15 Å². The van der Waals surface area contributed by atoms with E-state index in [9.17, 15) is 4.79 Å². The molecule has 0 unspecified atom stereocenters. The lowest BCUT2D eigenvalue weighted by atomic mass is 10.2. The predicted molar refractivity (Wildman–Crippen MR) is 114 cm³/mol. The van der Waals surface area contributed by atoms with Gasteiger partial charge in [0.1, 0.15) is 11.5 Å². The first-order chi connectivity index (χ1) is 14.7. The molecule has 6 heteroatoms. The number of nitrogens with zero attached hydrogens (tertiary/aromatic N) is 2. The largest absolute Gasteiger partial charge is 0.455 e. The summed E-state index contributed by atoms with van der Waals surface area (Å²) in [4.78, 5) is 20.6. The van der Waals surface area contributed by atoms with Crippen LogP contribution in [0.4, 0.5) is 5.69 Å². The Morgan fingerprint density at radius 2 is 1.93 bits per heavy atom. The Morgan fingerprint density at radius 3 is 2.70 bits per heavy atom. The Kier molecular flexibility index (Phi) is 5.85. The van der Waals surface area contributed by atoms with Gasteiger partial charge in [0.15, 0.2) is 11.7 Å². The lowest BCUT2D eigenvalue weighted by Crippen LogP contribution is -2.12. The molecule has 2 aromatic heterocycles. The van der Waals surface area contributed by atoms with E-state index in [1.165, 1.54) is 0 Å². The molecule has 0 saturated heterocycles. The average Bonchev–Trinajstić information content (AvgIpc) is 3.25. The molecule has 0 aliphatic rings. The minimum Gasteiger partial charge on any atom is -0.455 e. The Morgan fingerprint density at radius 1 is 1.07 bits per heavy atom. The maximum Gasteiger partial charge on any atom is 0.224 e. The molecule has 1 N–H and O–H groups in total. The number of ether oxygens (including phenoxy) is 1. The van der Waals surface area contributed by atoms with Crippen LogP contribution in [0.2, 0.25) is 0 Å². The number of pyridine rings is 1. The van der Waals surface area contributed by atoms with Crippen LogP contribution in [0.3, 0.4) is 0 Å². The van der Waals surface area contributed by atoms with E-state index in [1.807, 2.05) is 67.6 Å².